The van der Waals surface area contributed by atoms with E-state index >= 15 is 14.0 Å². The van der Waals surface area contributed by atoms with E-state index in [9.17, 15) is 9.90 Å². The Balaban J connectivity index is 1.33. The number of aromatic nitrogens is 1. The third-order valence-corrected chi connectivity index (χ3v) is 18.8. The van der Waals surface area contributed by atoms with Gasteiger partial charge in [0, 0.05) is 35.6 Å². The quantitative estimate of drug-likeness (QED) is 0.0870. The highest BCUT2D eigenvalue weighted by atomic mass is 28.4. The molecule has 3 aromatic carbocycles. The van der Waals surface area contributed by atoms with Crippen molar-refractivity contribution in [2.24, 2.45) is 11.8 Å². The molecule has 3 aliphatic carbocycles. The van der Waals surface area contributed by atoms with Crippen LogP contribution in [0.1, 0.15) is 102 Å². The highest BCUT2D eigenvalue weighted by Crippen LogP contribution is 2.60. The van der Waals surface area contributed by atoms with Crippen LogP contribution in [0.4, 0.5) is 10.1 Å². The van der Waals surface area contributed by atoms with Crippen molar-refractivity contribution in [1.82, 2.24) is 15.0 Å². The lowest BCUT2D eigenvalue weighted by atomic mass is 9.58. The van der Waals surface area contributed by atoms with Crippen molar-refractivity contribution in [1.29, 1.82) is 0 Å². The van der Waals surface area contributed by atoms with Gasteiger partial charge >= 0.3 is 0 Å². The third-order valence-electron chi connectivity index (χ3n) is 14.4. The van der Waals surface area contributed by atoms with Gasteiger partial charge in [0.1, 0.15) is 30.4 Å². The number of carbonyl (C=O) groups excluding carboxylic acids is 3. The number of hydrogen-bond acceptors (Lipinski definition) is 11. The normalized spacial score (nSPS) is 22.8. The molecular weight excluding hydrogens is 844 g/mol. The van der Waals surface area contributed by atoms with Crippen molar-refractivity contribution < 1.29 is 42.3 Å². The first kappa shape index (κ1) is 46.1. The van der Waals surface area contributed by atoms with Gasteiger partial charge in [0.25, 0.3) is 5.88 Å². The molecule has 1 aromatic heterocycles. The summed E-state index contributed by atoms with van der Waals surface area (Å²) in [6, 6.07) is 17.5. The molecule has 2 unspecified atom stereocenters. The minimum absolute atomic E-state index is 0.0108. The number of rotatable bonds is 15. The summed E-state index contributed by atoms with van der Waals surface area (Å²) in [4.78, 5) is 49.5. The van der Waals surface area contributed by atoms with Crippen molar-refractivity contribution in [2.45, 2.75) is 109 Å². The molecule has 65 heavy (non-hydrogen) atoms. The maximum atomic E-state index is 17.6. The highest BCUT2D eigenvalue weighted by molar-refractivity contribution is 6.74. The van der Waals surface area contributed by atoms with E-state index in [-0.39, 0.29) is 89.3 Å². The van der Waals surface area contributed by atoms with Gasteiger partial charge in [0.05, 0.1) is 23.3 Å². The van der Waals surface area contributed by atoms with Gasteiger partial charge in [-0.05, 0) is 79.7 Å². The van der Waals surface area contributed by atoms with Gasteiger partial charge in [-0.3, -0.25) is 24.2 Å². The van der Waals surface area contributed by atoms with Crippen molar-refractivity contribution in [3.8, 4) is 11.6 Å². The number of halogens is 1. The Morgan fingerprint density at radius 1 is 0.985 bits per heavy atom. The van der Waals surface area contributed by atoms with Crippen molar-refractivity contribution in [2.75, 3.05) is 32.0 Å². The van der Waals surface area contributed by atoms with Gasteiger partial charge < -0.3 is 28.8 Å². The van der Waals surface area contributed by atoms with Crippen molar-refractivity contribution in [3.63, 3.8) is 0 Å². The summed E-state index contributed by atoms with van der Waals surface area (Å²) < 4.78 is 43.9. The fraction of sp³-hybridized carbons (Fsp3) is 0.451. The van der Waals surface area contributed by atoms with E-state index in [1.54, 1.807) is 6.08 Å². The first-order valence-electron chi connectivity index (χ1n) is 22.8. The molecule has 5 atom stereocenters. The molecule has 1 amide bonds. The lowest BCUT2D eigenvalue weighted by molar-refractivity contribution is -0.121. The van der Waals surface area contributed by atoms with E-state index in [0.29, 0.717) is 19.6 Å². The number of allylic oxidation sites excluding steroid dienone is 1. The summed E-state index contributed by atoms with van der Waals surface area (Å²) in [5, 5.41) is 20.1. The minimum Gasteiger partial charge on any atom is -0.508 e. The van der Waals surface area contributed by atoms with E-state index in [1.807, 2.05) is 125 Å². The second kappa shape index (κ2) is 17.8. The Morgan fingerprint density at radius 2 is 1.63 bits per heavy atom. The second-order valence-corrected chi connectivity index (χ2v) is 24.1. The Kier molecular flexibility index (Phi) is 12.6. The van der Waals surface area contributed by atoms with E-state index in [1.165, 1.54) is 0 Å². The topological polar surface area (TPSA) is 144 Å². The van der Waals surface area contributed by atoms with Gasteiger partial charge in [-0.15, -0.1) is 6.58 Å². The molecule has 2 N–H and O–H groups in total. The molecular formula is C51H61FN4O8Si. The Morgan fingerprint density at radius 3 is 2.23 bits per heavy atom. The maximum Gasteiger partial charge on any atom is 0.265 e. The van der Waals surface area contributed by atoms with Crippen LogP contribution in [0.5, 0.6) is 11.6 Å². The van der Waals surface area contributed by atoms with Crippen LogP contribution in [0.25, 0.3) is 0 Å². The van der Waals surface area contributed by atoms with Gasteiger partial charge in [0.2, 0.25) is 11.7 Å². The summed E-state index contributed by atoms with van der Waals surface area (Å²) in [6.07, 6.45) is 2.74. The number of carbonyl (C=O) groups is 3. The van der Waals surface area contributed by atoms with E-state index in [2.05, 4.69) is 17.1 Å². The van der Waals surface area contributed by atoms with Crippen LogP contribution < -0.4 is 14.8 Å². The predicted octanol–water partition coefficient (Wildman–Crippen LogP) is 9.57. The molecule has 0 radical (unpaired) electrons. The number of benzene rings is 3. The molecule has 0 saturated carbocycles. The Hall–Kier alpha value is -5.41. The zero-order valence-corrected chi connectivity index (χ0v) is 39.8. The molecule has 0 fully saturated rings. The van der Waals surface area contributed by atoms with Crippen molar-refractivity contribution >= 4 is 31.5 Å². The number of fused-ring (bicyclic) bond motifs is 5. The fourth-order valence-electron chi connectivity index (χ4n) is 10.0. The number of Topliss-reactive ketones (excluding diaryl/α,β-unsaturated/α-hetero) is 2. The van der Waals surface area contributed by atoms with Crippen LogP contribution in [0.3, 0.4) is 0 Å². The molecule has 4 aromatic rings. The summed E-state index contributed by atoms with van der Waals surface area (Å²) in [5.41, 5.74) is -0.0191. The van der Waals surface area contributed by atoms with E-state index in [4.69, 9.17) is 18.4 Å². The number of anilines is 1. The Labute approximate surface area is 381 Å². The summed E-state index contributed by atoms with van der Waals surface area (Å²) in [6.45, 7) is 19.7. The van der Waals surface area contributed by atoms with Crippen LogP contribution in [-0.2, 0) is 35.3 Å². The molecule has 1 aliphatic heterocycles. The predicted molar refractivity (Wildman–Crippen MR) is 248 cm³/mol. The summed E-state index contributed by atoms with van der Waals surface area (Å²) in [7, 11) is -1.10. The molecule has 0 bridgehead atoms. The van der Waals surface area contributed by atoms with Crippen LogP contribution in [-0.4, -0.2) is 84.2 Å². The number of aliphatic hydroxyl groups excluding tert-OH is 1. The van der Waals surface area contributed by atoms with Crippen molar-refractivity contribution in [3.05, 3.63) is 130 Å². The Bertz CT molecular complexity index is 2540. The number of amides is 1. The van der Waals surface area contributed by atoms with Crippen LogP contribution in [0, 0.1) is 17.7 Å². The zero-order valence-electron chi connectivity index (χ0n) is 38.8. The second-order valence-electron chi connectivity index (χ2n) is 19.4. The number of nitrogens with zero attached hydrogens (tertiary/aromatic N) is 3. The van der Waals surface area contributed by atoms with Crippen LogP contribution >= 0.6 is 0 Å². The number of ether oxygens (including phenoxy) is 2. The highest BCUT2D eigenvalue weighted by Gasteiger charge is 2.67. The molecule has 4 aliphatic rings. The third kappa shape index (κ3) is 7.85. The SMILES string of the molecule is C=CCN(CCC)C1Cc2c(F)c3c(c(OCc4ccccc4)c2NC1=O)C(=O)C1=C(O)C2(O[Si](C)(C)C(C)(C)C)C(=O)c4c(OCc5ccccc5)noc4[C@@H](N(C)CC)[C@@H]2C[C@@H]1C3. The number of ketones is 2. The van der Waals surface area contributed by atoms with Crippen LogP contribution in [0.2, 0.25) is 18.1 Å². The average Bonchev–Trinajstić information content (AvgIpc) is 3.70. The first-order valence-corrected chi connectivity index (χ1v) is 25.7. The van der Waals surface area contributed by atoms with E-state index in [0.717, 1.165) is 17.5 Å². The standard InChI is InChI=1S/C51H61FN4O8Si/c1-10-23-56(24-11-2)36-27-34-40(52)33-25-32-26-35-42(55(7)12-3)45-39(49(54-63-45)62-29-31-21-17-14-18-22-31)47(59)51(35,64-65(8,9)50(4,5)6)46(58)37(32)43(57)38(33)44(41(34)53-48(36)60)61-28-30-19-15-13-16-20-30/h10,13-22,32,35-36,42,58H,1,11-12,23-29H2,2-9H3,(H,53,60)/t32-,35-,36?,42-,51?/m0/s1. The summed E-state index contributed by atoms with van der Waals surface area (Å²) in [5.74, 6) is -3.98. The first-order chi connectivity index (χ1) is 31.0. The van der Waals surface area contributed by atoms with Gasteiger partial charge in [0.15, 0.2) is 31.2 Å². The molecule has 14 heteroatoms. The van der Waals surface area contributed by atoms with Gasteiger partial charge in [-0.1, -0.05) is 101 Å². The smallest absolute Gasteiger partial charge is 0.265 e. The average molecular weight is 905 g/mol. The largest absolute Gasteiger partial charge is 0.508 e. The van der Waals surface area contributed by atoms with Crippen LogP contribution in [0.15, 0.2) is 89.2 Å². The minimum atomic E-state index is -3.01. The molecule has 12 nitrogen and oxygen atoms in total. The lowest BCUT2D eigenvalue weighted by Gasteiger charge is -2.55. The molecule has 2 heterocycles. The fourth-order valence-corrected chi connectivity index (χ4v) is 11.5. The molecule has 8 rings (SSSR count). The monoisotopic (exact) mass is 904 g/mol. The molecule has 344 valence electrons. The van der Waals surface area contributed by atoms with E-state index < -0.39 is 66.0 Å². The lowest BCUT2D eigenvalue weighted by Crippen LogP contribution is -2.65. The van der Waals surface area contributed by atoms with Gasteiger partial charge in [-0.2, -0.15) is 0 Å². The number of nitrogens with one attached hydrogen (secondary N) is 1. The maximum absolute atomic E-state index is 17.6. The number of aliphatic hydroxyl groups is 1. The zero-order chi connectivity index (χ0) is 46.6. The summed E-state index contributed by atoms with van der Waals surface area (Å²) >= 11 is 0. The molecule has 0 saturated heterocycles. The molecule has 0 spiro atoms. The van der Waals surface area contributed by atoms with Gasteiger partial charge in [-0.25, -0.2) is 4.39 Å². The number of hydrogen-bond donors (Lipinski definition) is 2.